The Bertz CT molecular complexity index is 3180. The summed E-state index contributed by atoms with van der Waals surface area (Å²) in [5.41, 5.74) is 9.40. The molecule has 0 unspecified atom stereocenters. The number of benzene rings is 8. The Morgan fingerprint density at radius 1 is 0.441 bits per heavy atom. The van der Waals surface area contributed by atoms with Crippen LogP contribution >= 0.6 is 11.3 Å². The highest BCUT2D eigenvalue weighted by Gasteiger charge is 2.44. The standard InChI is InChI=1S/C56H47NSSi/c1-55(2)33-34-56(3,4)49-37-43(30-31-48(49)55)59(40-18-7-5-8-19-40,41-20-9-6-10-21-41)42-22-15-17-39(36-42)57-50-26-13-11-24-46(50)54-44(25-16-27-51(54)57)38-29-32-53-47(35-38)45-23-12-14-28-52(45)58-53/h5-32,35-37H,33-34H2,1-4H3. The Hall–Kier alpha value is -6.00. The second-order valence-electron chi connectivity index (χ2n) is 17.9. The van der Waals surface area contributed by atoms with Crippen molar-refractivity contribution in [1.29, 1.82) is 0 Å². The van der Waals surface area contributed by atoms with Gasteiger partial charge in [0, 0.05) is 36.6 Å². The number of rotatable bonds is 6. The molecule has 0 amide bonds. The average Bonchev–Trinajstić information content (AvgIpc) is 3.82. The molecule has 59 heavy (non-hydrogen) atoms. The summed E-state index contributed by atoms with van der Waals surface area (Å²) in [5.74, 6) is 0. The number of para-hydroxylation sites is 1. The van der Waals surface area contributed by atoms with E-state index < -0.39 is 8.07 Å². The Morgan fingerprint density at radius 3 is 1.80 bits per heavy atom. The predicted molar refractivity (Wildman–Crippen MR) is 258 cm³/mol. The van der Waals surface area contributed by atoms with E-state index >= 15 is 0 Å². The van der Waals surface area contributed by atoms with Gasteiger partial charge in [-0.15, -0.1) is 11.3 Å². The number of fused-ring (bicyclic) bond motifs is 7. The fourth-order valence-electron chi connectivity index (χ4n) is 10.5. The van der Waals surface area contributed by atoms with Gasteiger partial charge in [-0.25, -0.2) is 0 Å². The largest absolute Gasteiger partial charge is 0.309 e. The van der Waals surface area contributed by atoms with Gasteiger partial charge in [0.25, 0.3) is 0 Å². The summed E-state index contributed by atoms with van der Waals surface area (Å²) in [4.78, 5) is 0. The van der Waals surface area contributed by atoms with Gasteiger partial charge in [0.1, 0.15) is 0 Å². The lowest BCUT2D eigenvalue weighted by Gasteiger charge is -2.43. The highest BCUT2D eigenvalue weighted by molar-refractivity contribution is 7.25. The van der Waals surface area contributed by atoms with E-state index in [4.69, 9.17) is 0 Å². The molecule has 3 heteroatoms. The van der Waals surface area contributed by atoms with E-state index in [0.29, 0.717) is 0 Å². The second kappa shape index (κ2) is 13.5. The van der Waals surface area contributed by atoms with Crippen LogP contribution in [-0.2, 0) is 10.8 Å². The maximum Gasteiger partial charge on any atom is 0.179 e. The molecule has 11 rings (SSSR count). The third kappa shape index (κ3) is 5.55. The van der Waals surface area contributed by atoms with E-state index in [1.54, 1.807) is 0 Å². The van der Waals surface area contributed by atoms with Gasteiger partial charge in [0.15, 0.2) is 8.07 Å². The van der Waals surface area contributed by atoms with E-state index in [0.717, 1.165) is 0 Å². The average molecular weight is 794 g/mol. The maximum absolute atomic E-state index is 2.86. The minimum atomic E-state index is -2.86. The first-order chi connectivity index (χ1) is 28.7. The minimum Gasteiger partial charge on any atom is -0.309 e. The zero-order chi connectivity index (χ0) is 39.9. The van der Waals surface area contributed by atoms with Gasteiger partial charge in [-0.1, -0.05) is 173 Å². The smallest absolute Gasteiger partial charge is 0.179 e. The molecule has 0 spiro atoms. The molecule has 2 heterocycles. The Kier molecular flexibility index (Phi) is 8.28. The van der Waals surface area contributed by atoms with Crippen molar-refractivity contribution in [1.82, 2.24) is 4.57 Å². The van der Waals surface area contributed by atoms with Crippen LogP contribution in [0.5, 0.6) is 0 Å². The molecule has 0 saturated heterocycles. The molecular weight excluding hydrogens is 747 g/mol. The van der Waals surface area contributed by atoms with Crippen LogP contribution in [0.4, 0.5) is 0 Å². The van der Waals surface area contributed by atoms with Crippen molar-refractivity contribution < 1.29 is 0 Å². The van der Waals surface area contributed by atoms with Crippen molar-refractivity contribution in [2.45, 2.75) is 51.4 Å². The SMILES string of the molecule is CC1(C)CCC(C)(C)c2cc([Si](c3ccccc3)(c3ccccc3)c3cccc(-n4c5ccccc5c5c(-c6ccc7sc8ccccc8c7c6)cccc54)c3)ccc21. The van der Waals surface area contributed by atoms with Gasteiger partial charge in [-0.2, -0.15) is 0 Å². The quantitative estimate of drug-likeness (QED) is 0.117. The van der Waals surface area contributed by atoms with E-state index in [9.17, 15) is 0 Å². The van der Waals surface area contributed by atoms with Gasteiger partial charge in [-0.3, -0.25) is 0 Å². The number of hydrogen-bond acceptors (Lipinski definition) is 1. The van der Waals surface area contributed by atoms with Crippen molar-refractivity contribution in [3.05, 3.63) is 199 Å². The third-order valence-electron chi connectivity index (χ3n) is 13.6. The van der Waals surface area contributed by atoms with Gasteiger partial charge in [0.2, 0.25) is 0 Å². The summed E-state index contributed by atoms with van der Waals surface area (Å²) in [7, 11) is -2.86. The fraction of sp³-hybridized carbons (Fsp3) is 0.143. The van der Waals surface area contributed by atoms with Crippen LogP contribution in [0, 0.1) is 0 Å². The first-order valence-corrected chi connectivity index (χ1v) is 23.9. The van der Waals surface area contributed by atoms with E-state index in [1.165, 1.54) is 104 Å². The lowest BCUT2D eigenvalue weighted by atomic mass is 9.63. The van der Waals surface area contributed by atoms with Crippen molar-refractivity contribution in [3.8, 4) is 16.8 Å². The van der Waals surface area contributed by atoms with Crippen molar-refractivity contribution >= 4 is 82.1 Å². The van der Waals surface area contributed by atoms with Crippen molar-refractivity contribution in [3.63, 3.8) is 0 Å². The van der Waals surface area contributed by atoms with E-state index in [-0.39, 0.29) is 10.8 Å². The summed E-state index contributed by atoms with van der Waals surface area (Å²) >= 11 is 1.88. The van der Waals surface area contributed by atoms with Crippen LogP contribution in [-0.4, -0.2) is 12.6 Å². The molecule has 8 aromatic carbocycles. The Balaban J connectivity index is 1.17. The summed E-state index contributed by atoms with van der Waals surface area (Å²) in [5, 5.41) is 10.9. The summed E-state index contributed by atoms with van der Waals surface area (Å²) in [6, 6.07) is 71.7. The summed E-state index contributed by atoms with van der Waals surface area (Å²) < 4.78 is 5.18. The molecule has 0 radical (unpaired) electrons. The number of thiophene rings is 1. The Morgan fingerprint density at radius 2 is 1.03 bits per heavy atom. The zero-order valence-corrected chi connectivity index (χ0v) is 36.0. The van der Waals surface area contributed by atoms with Crippen molar-refractivity contribution in [2.75, 3.05) is 0 Å². The van der Waals surface area contributed by atoms with Crippen LogP contribution in [0.25, 0.3) is 58.8 Å². The third-order valence-corrected chi connectivity index (χ3v) is 19.5. The molecule has 0 fully saturated rings. The van der Waals surface area contributed by atoms with Gasteiger partial charge < -0.3 is 4.57 Å². The van der Waals surface area contributed by atoms with Gasteiger partial charge in [-0.05, 0) is 109 Å². The van der Waals surface area contributed by atoms with E-state index in [1.807, 2.05) is 11.3 Å². The van der Waals surface area contributed by atoms with Crippen LogP contribution in [0.2, 0.25) is 0 Å². The molecular formula is C56H47NSSi. The van der Waals surface area contributed by atoms with Gasteiger partial charge in [0.05, 0.1) is 11.0 Å². The molecule has 0 bridgehead atoms. The molecule has 0 atom stereocenters. The number of hydrogen-bond donors (Lipinski definition) is 0. The first-order valence-electron chi connectivity index (χ1n) is 21.1. The lowest BCUT2D eigenvalue weighted by molar-refractivity contribution is 0.332. The molecule has 1 aliphatic carbocycles. The fourth-order valence-corrected chi connectivity index (χ4v) is 16.4. The van der Waals surface area contributed by atoms with E-state index in [2.05, 4.69) is 220 Å². The molecule has 1 nitrogen and oxygen atoms in total. The van der Waals surface area contributed by atoms with Crippen LogP contribution < -0.4 is 20.7 Å². The highest BCUT2D eigenvalue weighted by Crippen LogP contribution is 2.46. The van der Waals surface area contributed by atoms with Crippen LogP contribution in [0.1, 0.15) is 51.7 Å². The first kappa shape index (κ1) is 36.1. The van der Waals surface area contributed by atoms with Gasteiger partial charge >= 0.3 is 0 Å². The number of aromatic nitrogens is 1. The van der Waals surface area contributed by atoms with Crippen LogP contribution in [0.15, 0.2) is 188 Å². The predicted octanol–water partition coefficient (Wildman–Crippen LogP) is 12.5. The minimum absolute atomic E-state index is 0.0952. The maximum atomic E-state index is 2.63. The summed E-state index contributed by atoms with van der Waals surface area (Å²) in [6.45, 7) is 9.78. The molecule has 286 valence electrons. The molecule has 0 N–H and O–H groups in total. The Labute approximate surface area is 352 Å². The normalized spacial score (nSPS) is 14.9. The molecule has 0 aliphatic heterocycles. The van der Waals surface area contributed by atoms with Crippen molar-refractivity contribution in [2.24, 2.45) is 0 Å². The van der Waals surface area contributed by atoms with Crippen LogP contribution in [0.3, 0.4) is 0 Å². The molecule has 1 aliphatic rings. The summed E-state index contributed by atoms with van der Waals surface area (Å²) in [6.07, 6.45) is 2.39. The topological polar surface area (TPSA) is 4.93 Å². The zero-order valence-electron chi connectivity index (χ0n) is 34.2. The highest BCUT2D eigenvalue weighted by atomic mass is 32.1. The molecule has 2 aromatic heterocycles. The monoisotopic (exact) mass is 793 g/mol. The molecule has 0 saturated carbocycles. The number of nitrogens with zero attached hydrogens (tertiary/aromatic N) is 1. The second-order valence-corrected chi connectivity index (χ2v) is 22.8. The lowest BCUT2D eigenvalue weighted by Crippen LogP contribution is -2.75. The molecule has 10 aromatic rings.